The van der Waals surface area contributed by atoms with Crippen LogP contribution in [0.5, 0.6) is 0 Å². The monoisotopic (exact) mass is 642 g/mol. The van der Waals surface area contributed by atoms with Gasteiger partial charge in [-0.2, -0.15) is 0 Å². The van der Waals surface area contributed by atoms with E-state index in [1.807, 2.05) is 0 Å². The van der Waals surface area contributed by atoms with Gasteiger partial charge in [0.1, 0.15) is 11.7 Å². The lowest BCUT2D eigenvalue weighted by Gasteiger charge is -2.40. The largest absolute Gasteiger partial charge is 0.449 e. The van der Waals surface area contributed by atoms with E-state index in [9.17, 15) is 24.3 Å². The Morgan fingerprint density at radius 1 is 0.956 bits per heavy atom. The lowest BCUT2D eigenvalue weighted by molar-refractivity contribution is -0.179. The summed E-state index contributed by atoms with van der Waals surface area (Å²) in [6, 6.07) is 0.417. The third-order valence-electron chi connectivity index (χ3n) is 6.73. The van der Waals surface area contributed by atoms with Crippen LogP contribution < -0.4 is 16.8 Å². The molecule has 1 aromatic rings. The predicted molar refractivity (Wildman–Crippen MR) is 166 cm³/mol. The second-order valence-corrected chi connectivity index (χ2v) is 13.6. The molecule has 256 valence electrons. The van der Waals surface area contributed by atoms with Crippen LogP contribution in [0.2, 0.25) is 0 Å². The van der Waals surface area contributed by atoms with Crippen molar-refractivity contribution < 1.29 is 42.5 Å². The van der Waals surface area contributed by atoms with Crippen molar-refractivity contribution in [3.63, 3.8) is 0 Å². The van der Waals surface area contributed by atoms with Gasteiger partial charge in [-0.1, -0.05) is 71.9 Å². The summed E-state index contributed by atoms with van der Waals surface area (Å²) in [5.41, 5.74) is 11.5. The van der Waals surface area contributed by atoms with Crippen LogP contribution >= 0.6 is 0 Å². The van der Waals surface area contributed by atoms with E-state index in [0.717, 1.165) is 0 Å². The number of rotatable bonds is 15. The predicted octanol–water partition coefficient (Wildman–Crippen LogP) is 4.03. The Balaban J connectivity index is 3.95. The molecule has 0 aromatic heterocycles. The number of ketones is 1. The van der Waals surface area contributed by atoms with Crippen molar-refractivity contribution in [2.24, 2.45) is 29.2 Å². The summed E-state index contributed by atoms with van der Waals surface area (Å²) in [5, 5.41) is 13.3. The van der Waals surface area contributed by atoms with E-state index in [1.54, 1.807) is 78.8 Å². The Bertz CT molecular complexity index is 1130. The van der Waals surface area contributed by atoms with Gasteiger partial charge in [0.2, 0.25) is 5.91 Å². The van der Waals surface area contributed by atoms with Crippen LogP contribution in [0.4, 0.5) is 18.4 Å². The number of amides is 3. The van der Waals surface area contributed by atoms with Crippen molar-refractivity contribution in [1.82, 2.24) is 10.2 Å². The van der Waals surface area contributed by atoms with Crippen molar-refractivity contribution in [2.45, 2.75) is 117 Å². The van der Waals surface area contributed by atoms with Crippen LogP contribution in [0.3, 0.4) is 0 Å². The van der Waals surface area contributed by atoms with E-state index in [4.69, 9.17) is 20.9 Å². The van der Waals surface area contributed by atoms with Gasteiger partial charge < -0.3 is 31.4 Å². The molecule has 0 radical (unpaired) electrons. The highest BCUT2D eigenvalue weighted by atomic mass is 19.3. The topological polar surface area (TPSA) is 174 Å². The number of imide groups is 1. The van der Waals surface area contributed by atoms with Gasteiger partial charge in [-0.3, -0.25) is 9.59 Å². The molecule has 45 heavy (non-hydrogen) atoms. The maximum atomic E-state index is 16.6. The van der Waals surface area contributed by atoms with Crippen molar-refractivity contribution in [3.8, 4) is 0 Å². The number of halogens is 2. The van der Waals surface area contributed by atoms with Crippen LogP contribution in [-0.4, -0.2) is 82.3 Å². The fourth-order valence-corrected chi connectivity index (χ4v) is 4.40. The maximum absolute atomic E-state index is 16.6. The molecule has 3 amide bonds. The van der Waals surface area contributed by atoms with Crippen molar-refractivity contribution in [3.05, 3.63) is 35.9 Å². The number of carbonyl (C=O) groups is 4. The molecular formula is C32H52F2N4O7. The number of carbonyl (C=O) groups excluding carboxylic acids is 4. The number of nitrogens with one attached hydrogen (secondary N) is 1. The molecule has 1 aromatic carbocycles. The molecule has 0 saturated heterocycles. The number of aliphatic hydroxyl groups excluding tert-OH is 1. The SMILES string of the molecule is CC(C)COC(=O)N(C(=O)[C@@H](N)C(C)C)C(C(=O)[C@H](Cc1ccccc1)NC(=O)OC(C)(C)C)C(F)(F)C(O)C(N)CC(C)C. The number of Topliss-reactive ketones (excluding diaryl/α,β-unsaturated/α-hetero) is 1. The van der Waals surface area contributed by atoms with Crippen molar-refractivity contribution >= 4 is 23.9 Å². The molecule has 0 fully saturated rings. The summed E-state index contributed by atoms with van der Waals surface area (Å²) >= 11 is 0. The number of ether oxygens (including phenoxy) is 2. The summed E-state index contributed by atoms with van der Waals surface area (Å²) in [7, 11) is 0. The molecule has 0 saturated carbocycles. The van der Waals surface area contributed by atoms with Crippen LogP contribution in [0, 0.1) is 17.8 Å². The fourth-order valence-electron chi connectivity index (χ4n) is 4.40. The van der Waals surface area contributed by atoms with Gasteiger partial charge in [-0.15, -0.1) is 0 Å². The highest BCUT2D eigenvalue weighted by molar-refractivity contribution is 6.03. The van der Waals surface area contributed by atoms with Gasteiger partial charge in [-0.25, -0.2) is 23.3 Å². The second kappa shape index (κ2) is 17.0. The Hall–Kier alpha value is -3.16. The quantitative estimate of drug-likeness (QED) is 0.220. The molecule has 11 nitrogen and oxygen atoms in total. The number of alkyl halides is 2. The molecule has 0 aliphatic heterocycles. The summed E-state index contributed by atoms with van der Waals surface area (Å²) in [6.45, 7) is 14.3. The molecule has 0 bridgehead atoms. The standard InChI is InChI=1S/C32H52F2N4O7/c1-18(2)15-22(35)27(40)32(33,34)26(38(28(41)24(36)20(5)6)30(43)44-17-19(3)4)25(39)23(16-21-13-11-10-12-14-21)37-29(42)45-31(7,8)9/h10-14,18-20,22-24,26-27,40H,15-17,35-36H2,1-9H3,(H,37,42)/t22?,23-,24-,26?,27?/m0/s1. The van der Waals surface area contributed by atoms with Crippen LogP contribution in [-0.2, 0) is 25.5 Å². The normalized spacial score (nSPS) is 15.7. The van der Waals surface area contributed by atoms with Crippen LogP contribution in [0.15, 0.2) is 30.3 Å². The first-order valence-corrected chi connectivity index (χ1v) is 15.2. The van der Waals surface area contributed by atoms with E-state index < -0.39 is 71.6 Å². The number of benzene rings is 1. The molecule has 0 aliphatic carbocycles. The molecule has 0 aliphatic rings. The molecule has 5 atom stereocenters. The van der Waals surface area contributed by atoms with Crippen LogP contribution in [0.1, 0.15) is 74.3 Å². The number of nitrogens with zero attached hydrogens (tertiary/aromatic N) is 1. The molecule has 13 heteroatoms. The van der Waals surface area contributed by atoms with Crippen molar-refractivity contribution in [2.75, 3.05) is 6.61 Å². The van der Waals surface area contributed by atoms with Gasteiger partial charge in [0.05, 0.1) is 18.7 Å². The Morgan fingerprint density at radius 2 is 1.51 bits per heavy atom. The number of hydrogen-bond acceptors (Lipinski definition) is 9. The zero-order valence-corrected chi connectivity index (χ0v) is 27.9. The van der Waals surface area contributed by atoms with E-state index in [-0.39, 0.29) is 36.2 Å². The van der Waals surface area contributed by atoms with Crippen LogP contribution in [0.25, 0.3) is 0 Å². The smallest absolute Gasteiger partial charge is 0.417 e. The summed E-state index contributed by atoms with van der Waals surface area (Å²) < 4.78 is 43.8. The van der Waals surface area contributed by atoms with Gasteiger partial charge in [-0.05, 0) is 56.9 Å². The number of aliphatic hydroxyl groups is 1. The Kier molecular flexibility index (Phi) is 15.0. The third-order valence-corrected chi connectivity index (χ3v) is 6.73. The molecule has 3 unspecified atom stereocenters. The highest BCUT2D eigenvalue weighted by Gasteiger charge is 2.59. The minimum absolute atomic E-state index is 0.0184. The molecule has 0 spiro atoms. The lowest BCUT2D eigenvalue weighted by atomic mass is 9.86. The first kappa shape index (κ1) is 39.9. The first-order chi connectivity index (χ1) is 20.6. The summed E-state index contributed by atoms with van der Waals surface area (Å²) in [6.07, 6.45) is -5.73. The molecule has 6 N–H and O–H groups in total. The molecule has 0 heterocycles. The van der Waals surface area contributed by atoms with E-state index in [1.165, 1.54) is 13.8 Å². The minimum Gasteiger partial charge on any atom is -0.449 e. The van der Waals surface area contributed by atoms with Gasteiger partial charge in [0.25, 0.3) is 0 Å². The molecular weight excluding hydrogens is 590 g/mol. The third kappa shape index (κ3) is 12.3. The van der Waals surface area contributed by atoms with E-state index in [0.29, 0.717) is 5.56 Å². The highest BCUT2D eigenvalue weighted by Crippen LogP contribution is 2.33. The van der Waals surface area contributed by atoms with E-state index in [2.05, 4.69) is 5.32 Å². The average Bonchev–Trinajstić information content (AvgIpc) is 2.91. The first-order valence-electron chi connectivity index (χ1n) is 15.2. The average molecular weight is 643 g/mol. The molecule has 1 rings (SSSR count). The summed E-state index contributed by atoms with van der Waals surface area (Å²) in [4.78, 5) is 54.4. The Labute approximate surface area is 265 Å². The van der Waals surface area contributed by atoms with Gasteiger partial charge in [0.15, 0.2) is 11.8 Å². The summed E-state index contributed by atoms with van der Waals surface area (Å²) in [5.74, 6) is -8.42. The lowest BCUT2D eigenvalue weighted by Crippen LogP contribution is -2.68. The van der Waals surface area contributed by atoms with Gasteiger partial charge in [0, 0.05) is 6.04 Å². The number of nitrogens with two attached hydrogens (primary N) is 2. The van der Waals surface area contributed by atoms with Gasteiger partial charge >= 0.3 is 18.1 Å². The Morgan fingerprint density at radius 3 is 1.98 bits per heavy atom. The zero-order chi connectivity index (χ0) is 34.9. The fraction of sp³-hybridized carbons (Fsp3) is 0.688. The van der Waals surface area contributed by atoms with Crippen molar-refractivity contribution in [1.29, 1.82) is 0 Å². The zero-order valence-electron chi connectivity index (χ0n) is 27.9. The second-order valence-electron chi connectivity index (χ2n) is 13.6. The number of hydrogen-bond donors (Lipinski definition) is 4. The minimum atomic E-state index is -4.51. The van der Waals surface area contributed by atoms with E-state index >= 15 is 8.78 Å². The number of alkyl carbamates (subject to hydrolysis) is 1. The maximum Gasteiger partial charge on any atom is 0.417 e.